The molecule has 118 valence electrons. The van der Waals surface area contributed by atoms with Crippen molar-refractivity contribution in [1.29, 1.82) is 5.26 Å². The summed E-state index contributed by atoms with van der Waals surface area (Å²) in [6, 6.07) is 8.09. The van der Waals surface area contributed by atoms with Crippen LogP contribution in [-0.2, 0) is 16.6 Å². The lowest BCUT2D eigenvalue weighted by atomic mass is 9.94. The molecular weight excluding hydrogens is 302 g/mol. The minimum absolute atomic E-state index is 0.0214. The topological polar surface area (TPSA) is 115 Å². The molecule has 2 aromatic rings. The molecule has 0 aliphatic heterocycles. The Labute approximate surface area is 130 Å². The molecule has 8 nitrogen and oxygen atoms in total. The second-order valence-electron chi connectivity index (χ2n) is 4.71. The van der Waals surface area contributed by atoms with Gasteiger partial charge in [0.1, 0.15) is 0 Å². The number of para-hydroxylation sites is 1. The summed E-state index contributed by atoms with van der Waals surface area (Å²) < 4.78 is 5.93. The Balaban J connectivity index is 2.95. The van der Waals surface area contributed by atoms with Gasteiger partial charge in [0.2, 0.25) is 0 Å². The van der Waals surface area contributed by atoms with Crippen molar-refractivity contribution in [3.8, 4) is 6.07 Å². The molecule has 0 saturated heterocycles. The molecule has 1 atom stereocenters. The summed E-state index contributed by atoms with van der Waals surface area (Å²) in [7, 11) is 1.40. The van der Waals surface area contributed by atoms with Crippen molar-refractivity contribution < 1.29 is 14.5 Å². The highest BCUT2D eigenvalue weighted by Gasteiger charge is 2.35. The molecular formula is C15H13N3O5. The Kier molecular flexibility index (Phi) is 4.41. The van der Waals surface area contributed by atoms with E-state index in [9.17, 15) is 25.0 Å². The van der Waals surface area contributed by atoms with Gasteiger partial charge in [-0.25, -0.2) is 0 Å². The van der Waals surface area contributed by atoms with E-state index in [4.69, 9.17) is 4.74 Å². The molecule has 8 heteroatoms. The van der Waals surface area contributed by atoms with Crippen LogP contribution in [0.15, 0.2) is 29.1 Å². The SMILES string of the molecule is CCOC(=O)[C@@H](C#N)c1c([N+](=O)[O-])c(=O)n(C)c2ccccc12. The largest absolute Gasteiger partial charge is 0.465 e. The van der Waals surface area contributed by atoms with Crippen LogP contribution in [-0.4, -0.2) is 22.1 Å². The van der Waals surface area contributed by atoms with Crippen molar-refractivity contribution in [1.82, 2.24) is 4.57 Å². The number of carbonyl (C=O) groups is 1. The van der Waals surface area contributed by atoms with Crippen LogP contribution < -0.4 is 5.56 Å². The highest BCUT2D eigenvalue weighted by atomic mass is 16.6. The van der Waals surface area contributed by atoms with Crippen molar-refractivity contribution in [2.75, 3.05) is 6.61 Å². The van der Waals surface area contributed by atoms with E-state index >= 15 is 0 Å². The number of hydrogen-bond donors (Lipinski definition) is 0. The van der Waals surface area contributed by atoms with E-state index in [0.717, 1.165) is 4.57 Å². The zero-order valence-electron chi connectivity index (χ0n) is 12.5. The Hall–Kier alpha value is -3.21. The monoisotopic (exact) mass is 315 g/mol. The van der Waals surface area contributed by atoms with Gasteiger partial charge in [0.05, 0.1) is 28.7 Å². The van der Waals surface area contributed by atoms with E-state index in [1.165, 1.54) is 13.1 Å². The molecule has 0 radical (unpaired) electrons. The van der Waals surface area contributed by atoms with Crippen molar-refractivity contribution in [2.45, 2.75) is 12.8 Å². The maximum absolute atomic E-state index is 12.3. The van der Waals surface area contributed by atoms with Crippen molar-refractivity contribution in [3.63, 3.8) is 0 Å². The zero-order valence-corrected chi connectivity index (χ0v) is 12.5. The number of nitro groups is 1. The van der Waals surface area contributed by atoms with Gasteiger partial charge in [0, 0.05) is 12.4 Å². The van der Waals surface area contributed by atoms with Crippen LogP contribution in [0.4, 0.5) is 5.69 Å². The lowest BCUT2D eigenvalue weighted by Gasteiger charge is -2.14. The second-order valence-corrected chi connectivity index (χ2v) is 4.71. The number of aromatic nitrogens is 1. The maximum Gasteiger partial charge on any atom is 0.339 e. The summed E-state index contributed by atoms with van der Waals surface area (Å²) in [4.78, 5) is 34.8. The Morgan fingerprint density at radius 3 is 2.70 bits per heavy atom. The number of rotatable bonds is 4. The van der Waals surface area contributed by atoms with Gasteiger partial charge >= 0.3 is 17.2 Å². The first kappa shape index (κ1) is 16.2. The Morgan fingerprint density at radius 2 is 2.13 bits per heavy atom. The first-order valence-electron chi connectivity index (χ1n) is 6.76. The van der Waals surface area contributed by atoms with E-state index in [0.29, 0.717) is 10.9 Å². The highest BCUT2D eigenvalue weighted by Crippen LogP contribution is 2.31. The van der Waals surface area contributed by atoms with Crippen molar-refractivity contribution >= 4 is 22.6 Å². The average molecular weight is 315 g/mol. The third-order valence-electron chi connectivity index (χ3n) is 3.44. The third-order valence-corrected chi connectivity index (χ3v) is 3.44. The van der Waals surface area contributed by atoms with Gasteiger partial charge in [-0.15, -0.1) is 0 Å². The van der Waals surface area contributed by atoms with Crippen LogP contribution in [0.2, 0.25) is 0 Å². The minimum Gasteiger partial charge on any atom is -0.465 e. The summed E-state index contributed by atoms with van der Waals surface area (Å²) >= 11 is 0. The molecule has 0 N–H and O–H groups in total. The van der Waals surface area contributed by atoms with E-state index in [1.807, 2.05) is 0 Å². The van der Waals surface area contributed by atoms with Gasteiger partial charge in [0.25, 0.3) is 0 Å². The molecule has 0 spiro atoms. The first-order valence-corrected chi connectivity index (χ1v) is 6.76. The van der Waals surface area contributed by atoms with Crippen molar-refractivity contribution in [2.24, 2.45) is 7.05 Å². The van der Waals surface area contributed by atoms with Gasteiger partial charge in [-0.1, -0.05) is 18.2 Å². The molecule has 0 aliphatic carbocycles. The number of benzene rings is 1. The Morgan fingerprint density at radius 1 is 1.48 bits per heavy atom. The summed E-state index contributed by atoms with van der Waals surface area (Å²) in [6.45, 7) is 1.58. The Bertz CT molecular complexity index is 894. The third kappa shape index (κ3) is 2.64. The number of carbonyl (C=O) groups excluding carboxylic acids is 1. The molecule has 2 rings (SSSR count). The normalized spacial score (nSPS) is 11.7. The van der Waals surface area contributed by atoms with Crippen LogP contribution in [0.1, 0.15) is 18.4 Å². The summed E-state index contributed by atoms with van der Waals surface area (Å²) in [5, 5.41) is 21.0. The van der Waals surface area contributed by atoms with Crippen LogP contribution in [0.25, 0.3) is 10.9 Å². The summed E-state index contributed by atoms with van der Waals surface area (Å²) in [6.07, 6.45) is 0. The molecule has 1 aromatic heterocycles. The van der Waals surface area contributed by atoms with Gasteiger partial charge in [-0.2, -0.15) is 5.26 Å². The quantitative estimate of drug-likeness (QED) is 0.481. The van der Waals surface area contributed by atoms with E-state index in [2.05, 4.69) is 0 Å². The van der Waals surface area contributed by atoms with Gasteiger partial charge < -0.3 is 9.30 Å². The molecule has 0 unspecified atom stereocenters. The number of esters is 1. The average Bonchev–Trinajstić information content (AvgIpc) is 2.52. The smallest absolute Gasteiger partial charge is 0.339 e. The number of fused-ring (bicyclic) bond motifs is 1. The molecule has 0 fully saturated rings. The molecule has 1 aromatic carbocycles. The number of aryl methyl sites for hydroxylation is 1. The van der Waals surface area contributed by atoms with Crippen LogP contribution in [0.3, 0.4) is 0 Å². The van der Waals surface area contributed by atoms with Gasteiger partial charge in [0.15, 0.2) is 5.92 Å². The number of nitrogens with zero attached hydrogens (tertiary/aromatic N) is 3. The van der Waals surface area contributed by atoms with Gasteiger partial charge in [-0.3, -0.25) is 19.7 Å². The predicted octanol–water partition coefficient (Wildman–Crippen LogP) is 1.62. The van der Waals surface area contributed by atoms with E-state index in [-0.39, 0.29) is 12.2 Å². The standard InChI is InChI=1S/C15H13N3O5/c1-3-23-15(20)10(8-16)12-9-6-4-5-7-11(9)17(2)14(19)13(12)18(21)22/h4-7,10H,3H2,1-2H3/t10-/m0/s1. The fourth-order valence-electron chi connectivity index (χ4n) is 2.43. The summed E-state index contributed by atoms with van der Waals surface area (Å²) in [5.41, 5.74) is -1.50. The van der Waals surface area contributed by atoms with E-state index < -0.39 is 28.1 Å². The molecule has 0 amide bonds. The number of hydrogen-bond acceptors (Lipinski definition) is 6. The number of nitriles is 1. The summed E-state index contributed by atoms with van der Waals surface area (Å²) in [5.74, 6) is -2.47. The van der Waals surface area contributed by atoms with Crippen LogP contribution in [0, 0.1) is 21.4 Å². The maximum atomic E-state index is 12.3. The lowest BCUT2D eigenvalue weighted by molar-refractivity contribution is -0.387. The van der Waals surface area contributed by atoms with Crippen LogP contribution >= 0.6 is 0 Å². The number of ether oxygens (including phenoxy) is 1. The first-order chi connectivity index (χ1) is 10.9. The molecule has 0 aliphatic rings. The fourth-order valence-corrected chi connectivity index (χ4v) is 2.43. The predicted molar refractivity (Wildman–Crippen MR) is 80.8 cm³/mol. The molecule has 0 saturated carbocycles. The second kappa shape index (κ2) is 6.27. The van der Waals surface area contributed by atoms with Gasteiger partial charge in [-0.05, 0) is 13.0 Å². The highest BCUT2D eigenvalue weighted by molar-refractivity contribution is 5.93. The molecule has 1 heterocycles. The lowest BCUT2D eigenvalue weighted by Crippen LogP contribution is -2.25. The van der Waals surface area contributed by atoms with Crippen molar-refractivity contribution in [3.05, 3.63) is 50.3 Å². The minimum atomic E-state index is -1.55. The molecule has 23 heavy (non-hydrogen) atoms. The van der Waals surface area contributed by atoms with Crippen LogP contribution in [0.5, 0.6) is 0 Å². The number of pyridine rings is 1. The zero-order chi connectivity index (χ0) is 17.1. The fraction of sp³-hybridized carbons (Fsp3) is 0.267. The molecule has 0 bridgehead atoms. The van der Waals surface area contributed by atoms with E-state index in [1.54, 1.807) is 31.2 Å².